The molecule has 0 radical (unpaired) electrons. The molecule has 12 heteroatoms. The molecular formula is C21H22FN5O5S. The minimum absolute atomic E-state index is 0.0670. The second kappa shape index (κ2) is 10.0. The zero-order chi connectivity index (χ0) is 24.0. The first-order valence-electron chi connectivity index (χ1n) is 9.41. The van der Waals surface area contributed by atoms with Gasteiger partial charge in [-0.2, -0.15) is 4.98 Å². The van der Waals surface area contributed by atoms with Crippen molar-refractivity contribution in [2.24, 2.45) is 0 Å². The fourth-order valence-corrected chi connectivity index (χ4v) is 3.37. The number of aromatic nitrogens is 2. The number of sulfonamides is 1. The molecule has 33 heavy (non-hydrogen) atoms. The quantitative estimate of drug-likeness (QED) is 0.399. The number of rotatable bonds is 10. The number of hydrogen-bond donors (Lipinski definition) is 3. The third-order valence-corrected chi connectivity index (χ3v) is 5.26. The van der Waals surface area contributed by atoms with Crippen LogP contribution in [0.4, 0.5) is 33.2 Å². The van der Waals surface area contributed by atoms with Crippen LogP contribution >= 0.6 is 0 Å². The molecule has 0 aliphatic heterocycles. The predicted octanol–water partition coefficient (Wildman–Crippen LogP) is 4.01. The molecule has 0 atom stereocenters. The number of nitrogens with one attached hydrogen (secondary N) is 3. The summed E-state index contributed by atoms with van der Waals surface area (Å²) in [5.41, 5.74) is 0.968. The minimum Gasteiger partial charge on any atom is -0.493 e. The summed E-state index contributed by atoms with van der Waals surface area (Å²) in [5.74, 6) is 0.368. The summed E-state index contributed by atoms with van der Waals surface area (Å²) < 4.78 is 56.4. The van der Waals surface area contributed by atoms with Gasteiger partial charge in [0.1, 0.15) is 0 Å². The van der Waals surface area contributed by atoms with Gasteiger partial charge in [0.15, 0.2) is 23.1 Å². The van der Waals surface area contributed by atoms with E-state index in [-0.39, 0.29) is 23.1 Å². The number of ether oxygens (including phenoxy) is 3. The van der Waals surface area contributed by atoms with Gasteiger partial charge in [-0.3, -0.25) is 4.72 Å². The summed E-state index contributed by atoms with van der Waals surface area (Å²) in [4.78, 5) is 8.11. The van der Waals surface area contributed by atoms with Gasteiger partial charge in [0, 0.05) is 23.2 Å². The number of hydrogen-bond acceptors (Lipinski definition) is 9. The van der Waals surface area contributed by atoms with E-state index in [9.17, 15) is 12.8 Å². The topological polar surface area (TPSA) is 124 Å². The highest BCUT2D eigenvalue weighted by molar-refractivity contribution is 7.95. The fraction of sp³-hybridized carbons (Fsp3) is 0.143. The Bertz CT molecular complexity index is 1240. The largest absolute Gasteiger partial charge is 0.493 e. The molecule has 0 amide bonds. The Morgan fingerprint density at radius 1 is 1.00 bits per heavy atom. The second-order valence-corrected chi connectivity index (χ2v) is 8.04. The number of benzene rings is 2. The first-order chi connectivity index (χ1) is 15.8. The third kappa shape index (κ3) is 5.60. The van der Waals surface area contributed by atoms with E-state index in [1.165, 1.54) is 27.4 Å². The number of nitrogens with zero attached hydrogens (tertiary/aromatic N) is 2. The summed E-state index contributed by atoms with van der Waals surface area (Å²) in [7, 11) is 0.687. The van der Waals surface area contributed by atoms with Crippen molar-refractivity contribution in [1.82, 2.24) is 9.97 Å². The summed E-state index contributed by atoms with van der Waals surface area (Å²) in [5, 5.41) is 6.50. The molecule has 1 heterocycles. The average molecular weight is 476 g/mol. The van der Waals surface area contributed by atoms with Gasteiger partial charge in [-0.05, 0) is 12.1 Å². The summed E-state index contributed by atoms with van der Waals surface area (Å²) in [6.07, 6.45) is 0.978. The molecule has 174 valence electrons. The van der Waals surface area contributed by atoms with Crippen molar-refractivity contribution in [2.45, 2.75) is 0 Å². The molecule has 0 aliphatic rings. The van der Waals surface area contributed by atoms with Crippen LogP contribution in [0, 0.1) is 5.82 Å². The van der Waals surface area contributed by atoms with Crippen LogP contribution in [0.3, 0.4) is 0 Å². The zero-order valence-electron chi connectivity index (χ0n) is 18.0. The van der Waals surface area contributed by atoms with Gasteiger partial charge in [0.25, 0.3) is 10.0 Å². The molecule has 0 aliphatic carbocycles. The molecule has 0 fully saturated rings. The number of methoxy groups -OCH3 is 3. The predicted molar refractivity (Wildman–Crippen MR) is 124 cm³/mol. The van der Waals surface area contributed by atoms with Crippen LogP contribution in [0.15, 0.2) is 54.6 Å². The maximum Gasteiger partial charge on any atom is 0.254 e. The lowest BCUT2D eigenvalue weighted by Gasteiger charge is -2.15. The maximum atomic E-state index is 14.4. The van der Waals surface area contributed by atoms with Gasteiger partial charge in [-0.15, -0.1) is 0 Å². The number of halogens is 1. The molecule has 3 rings (SSSR count). The summed E-state index contributed by atoms with van der Waals surface area (Å²) >= 11 is 0. The average Bonchev–Trinajstić information content (AvgIpc) is 2.81. The van der Waals surface area contributed by atoms with E-state index in [1.807, 2.05) is 0 Å². The highest BCUT2D eigenvalue weighted by atomic mass is 32.2. The van der Waals surface area contributed by atoms with Crippen molar-refractivity contribution in [3.05, 3.63) is 60.4 Å². The lowest BCUT2D eigenvalue weighted by molar-refractivity contribution is 0.324. The van der Waals surface area contributed by atoms with E-state index >= 15 is 0 Å². The Hall–Kier alpha value is -4.06. The van der Waals surface area contributed by atoms with E-state index in [0.717, 1.165) is 11.6 Å². The SMILES string of the molecule is C=CS(=O)(=O)Nc1ccccc1Nc1nc(Nc2cc(OC)c(OC)c(OC)c2)ncc1F. The van der Waals surface area contributed by atoms with E-state index < -0.39 is 15.8 Å². The zero-order valence-corrected chi connectivity index (χ0v) is 18.9. The van der Waals surface area contributed by atoms with Crippen LogP contribution in [0.25, 0.3) is 0 Å². The molecule has 0 unspecified atom stereocenters. The highest BCUT2D eigenvalue weighted by Gasteiger charge is 2.16. The molecule has 0 saturated carbocycles. The molecule has 2 aromatic carbocycles. The van der Waals surface area contributed by atoms with Crippen molar-refractivity contribution in [1.29, 1.82) is 0 Å². The van der Waals surface area contributed by atoms with E-state index in [4.69, 9.17) is 14.2 Å². The van der Waals surface area contributed by atoms with Gasteiger partial charge in [0.2, 0.25) is 11.7 Å². The number of anilines is 5. The van der Waals surface area contributed by atoms with E-state index in [1.54, 1.807) is 30.3 Å². The molecule has 3 aromatic rings. The smallest absolute Gasteiger partial charge is 0.254 e. The molecule has 10 nitrogen and oxygen atoms in total. The Morgan fingerprint density at radius 3 is 2.21 bits per heavy atom. The highest BCUT2D eigenvalue weighted by Crippen LogP contribution is 2.40. The first kappa shape index (κ1) is 23.6. The molecule has 0 spiro atoms. The summed E-state index contributed by atoms with van der Waals surface area (Å²) in [6, 6.07) is 9.63. The third-order valence-electron chi connectivity index (χ3n) is 4.32. The second-order valence-electron chi connectivity index (χ2n) is 6.41. The van der Waals surface area contributed by atoms with Crippen LogP contribution in [0.2, 0.25) is 0 Å². The van der Waals surface area contributed by atoms with Crippen LogP contribution in [0.5, 0.6) is 17.2 Å². The Balaban J connectivity index is 1.91. The van der Waals surface area contributed by atoms with Gasteiger partial charge in [0.05, 0.1) is 38.9 Å². The van der Waals surface area contributed by atoms with Crippen molar-refractivity contribution in [3.8, 4) is 17.2 Å². The lowest BCUT2D eigenvalue weighted by Crippen LogP contribution is -2.11. The molecule has 1 aromatic heterocycles. The molecule has 0 bridgehead atoms. The van der Waals surface area contributed by atoms with Gasteiger partial charge in [-0.25, -0.2) is 17.8 Å². The normalized spacial score (nSPS) is 10.8. The minimum atomic E-state index is -3.76. The first-order valence-corrected chi connectivity index (χ1v) is 11.0. The van der Waals surface area contributed by atoms with Gasteiger partial charge >= 0.3 is 0 Å². The Kier molecular flexibility index (Phi) is 7.18. The van der Waals surface area contributed by atoms with Crippen molar-refractivity contribution in [3.63, 3.8) is 0 Å². The van der Waals surface area contributed by atoms with Gasteiger partial charge < -0.3 is 24.8 Å². The van der Waals surface area contributed by atoms with Crippen LogP contribution in [-0.4, -0.2) is 39.7 Å². The van der Waals surface area contributed by atoms with Crippen molar-refractivity contribution < 1.29 is 27.0 Å². The fourth-order valence-electron chi connectivity index (χ4n) is 2.80. The number of para-hydroxylation sites is 2. The van der Waals surface area contributed by atoms with Crippen molar-refractivity contribution >= 4 is 38.9 Å². The molecular weight excluding hydrogens is 453 g/mol. The van der Waals surface area contributed by atoms with Crippen LogP contribution < -0.4 is 29.6 Å². The van der Waals surface area contributed by atoms with Gasteiger partial charge in [-0.1, -0.05) is 18.7 Å². The van der Waals surface area contributed by atoms with Crippen molar-refractivity contribution in [2.75, 3.05) is 36.7 Å². The van der Waals surface area contributed by atoms with E-state index in [0.29, 0.717) is 22.9 Å². The molecule has 0 saturated heterocycles. The summed E-state index contributed by atoms with van der Waals surface area (Å²) in [6.45, 7) is 3.26. The monoisotopic (exact) mass is 475 g/mol. The Morgan fingerprint density at radius 2 is 1.64 bits per heavy atom. The van der Waals surface area contributed by atoms with Crippen LogP contribution in [0.1, 0.15) is 0 Å². The maximum absolute atomic E-state index is 14.4. The molecule has 3 N–H and O–H groups in total. The lowest BCUT2D eigenvalue weighted by atomic mass is 10.2. The Labute approximate surface area is 190 Å². The van der Waals surface area contributed by atoms with Crippen LogP contribution in [-0.2, 0) is 10.0 Å². The standard InChI is InChI=1S/C21H22FN5O5S/c1-5-33(28,29)27-16-9-7-6-8-15(16)25-20-14(22)12-23-21(26-20)24-13-10-17(30-2)19(32-4)18(11-13)31-3/h5-12,27H,1H2,2-4H3,(H2,23,24,25,26). The van der Waals surface area contributed by atoms with E-state index in [2.05, 4.69) is 31.9 Å².